The topological polar surface area (TPSA) is 58.4 Å². The van der Waals surface area contributed by atoms with Crippen LogP contribution in [0.2, 0.25) is 0 Å². The smallest absolute Gasteiger partial charge is 0.325 e. The Morgan fingerprint density at radius 1 is 1.08 bits per heavy atom. The maximum Gasteiger partial charge on any atom is 0.325 e. The number of allylic oxidation sites excluding steroid dienone is 1. The predicted molar refractivity (Wildman–Crippen MR) is 143 cm³/mol. The van der Waals surface area contributed by atoms with Crippen LogP contribution in [0.4, 0.5) is 4.79 Å². The maximum absolute atomic E-state index is 13.8. The number of piperidine rings is 1. The molecule has 4 heterocycles. The summed E-state index contributed by atoms with van der Waals surface area (Å²) >= 11 is 0. The first-order valence-electron chi connectivity index (χ1n) is 13.2. The quantitative estimate of drug-likeness (QED) is 0.446. The van der Waals surface area contributed by atoms with E-state index in [4.69, 9.17) is 13.9 Å². The van der Waals surface area contributed by atoms with E-state index in [0.717, 1.165) is 71.8 Å². The number of hydrogen-bond donors (Lipinski definition) is 0. The standard InChI is InChI=1S/C30H35N3O4/c1-5-33-29(34)32-19-23-16-24(35-3)17-26(36-4)28(23)20(2)14-27(32)30(33)9-11-31(12-10-30)18-21-6-7-25-22(15-21)8-13-37-25/h6-8,13-17,20H,5,9-12,18-19H2,1-4H3/t20-/m0/s1. The van der Waals surface area contributed by atoms with Crippen LogP contribution in [0.15, 0.2) is 58.9 Å². The average molecular weight is 502 g/mol. The van der Waals surface area contributed by atoms with Crippen LogP contribution < -0.4 is 9.47 Å². The number of carbonyl (C=O) groups is 1. The van der Waals surface area contributed by atoms with Crippen LogP contribution in [0.1, 0.15) is 49.3 Å². The lowest BCUT2D eigenvalue weighted by atomic mass is 9.82. The molecule has 3 aliphatic rings. The highest BCUT2D eigenvalue weighted by atomic mass is 16.5. The molecule has 0 aliphatic carbocycles. The average Bonchev–Trinajstić information content (AvgIpc) is 3.41. The van der Waals surface area contributed by atoms with E-state index in [9.17, 15) is 4.79 Å². The third-order valence-corrected chi connectivity index (χ3v) is 8.52. The molecule has 7 nitrogen and oxygen atoms in total. The van der Waals surface area contributed by atoms with Crippen LogP contribution in [-0.2, 0) is 13.1 Å². The Hall–Kier alpha value is -3.45. The minimum atomic E-state index is -0.273. The molecule has 7 heteroatoms. The fourth-order valence-corrected chi connectivity index (χ4v) is 6.72. The van der Waals surface area contributed by atoms with Crippen molar-refractivity contribution < 1.29 is 18.7 Å². The zero-order valence-corrected chi connectivity index (χ0v) is 22.1. The molecule has 1 atom stereocenters. The molecule has 194 valence electrons. The van der Waals surface area contributed by atoms with Crippen molar-refractivity contribution in [1.29, 1.82) is 0 Å². The van der Waals surface area contributed by atoms with Gasteiger partial charge in [-0.05, 0) is 55.2 Å². The van der Waals surface area contributed by atoms with Gasteiger partial charge in [-0.1, -0.05) is 19.1 Å². The third-order valence-electron chi connectivity index (χ3n) is 8.52. The number of likely N-dealkylation sites (N-methyl/N-ethyl adjacent to an activating group) is 1. The highest BCUT2D eigenvalue weighted by Gasteiger charge is 2.54. The lowest BCUT2D eigenvalue weighted by Crippen LogP contribution is -2.53. The van der Waals surface area contributed by atoms with Crippen molar-refractivity contribution in [2.45, 2.75) is 51.2 Å². The summed E-state index contributed by atoms with van der Waals surface area (Å²) in [6, 6.07) is 12.6. The van der Waals surface area contributed by atoms with Crippen molar-refractivity contribution in [3.05, 3.63) is 71.1 Å². The van der Waals surface area contributed by atoms with Crippen molar-refractivity contribution in [2.75, 3.05) is 33.9 Å². The molecule has 2 fully saturated rings. The first kappa shape index (κ1) is 23.9. The molecule has 3 aliphatic heterocycles. The first-order chi connectivity index (χ1) is 18.0. The predicted octanol–water partition coefficient (Wildman–Crippen LogP) is 5.74. The first-order valence-corrected chi connectivity index (χ1v) is 13.2. The summed E-state index contributed by atoms with van der Waals surface area (Å²) in [5, 5.41) is 1.14. The van der Waals surface area contributed by atoms with E-state index in [1.807, 2.05) is 17.0 Å². The molecule has 3 aromatic rings. The van der Waals surface area contributed by atoms with Crippen LogP contribution in [0, 0.1) is 0 Å². The van der Waals surface area contributed by atoms with E-state index >= 15 is 0 Å². The van der Waals surface area contributed by atoms with E-state index in [0.29, 0.717) is 13.1 Å². The Kier molecular flexibility index (Phi) is 5.91. The van der Waals surface area contributed by atoms with Gasteiger partial charge < -0.3 is 18.8 Å². The molecule has 0 radical (unpaired) electrons. The van der Waals surface area contributed by atoms with Gasteiger partial charge in [0.05, 0.1) is 32.6 Å². The molecule has 0 saturated carbocycles. The van der Waals surface area contributed by atoms with Crippen LogP contribution in [-0.4, -0.2) is 60.1 Å². The number of urea groups is 1. The van der Waals surface area contributed by atoms with E-state index in [1.165, 1.54) is 5.56 Å². The number of likely N-dealkylation sites (tertiary alicyclic amines) is 1. The van der Waals surface area contributed by atoms with E-state index in [-0.39, 0.29) is 17.5 Å². The van der Waals surface area contributed by atoms with E-state index < -0.39 is 0 Å². The van der Waals surface area contributed by atoms with Gasteiger partial charge in [0.2, 0.25) is 0 Å². The normalized spacial score (nSPS) is 21.1. The van der Waals surface area contributed by atoms with Gasteiger partial charge in [0, 0.05) is 54.8 Å². The second kappa shape index (κ2) is 9.14. The Bertz CT molecular complexity index is 1370. The SMILES string of the molecule is CCN1C(=O)N2Cc3cc(OC)cc(OC)c3[C@@H](C)C=C2C12CCN(Cc1ccc3occc3c1)CC2. The zero-order chi connectivity index (χ0) is 25.7. The largest absolute Gasteiger partial charge is 0.497 e. The summed E-state index contributed by atoms with van der Waals surface area (Å²) in [6.45, 7) is 8.32. The maximum atomic E-state index is 13.8. The van der Waals surface area contributed by atoms with E-state index in [2.05, 4.69) is 54.0 Å². The van der Waals surface area contributed by atoms with Gasteiger partial charge in [0.1, 0.15) is 17.1 Å². The number of methoxy groups -OCH3 is 2. The highest BCUT2D eigenvalue weighted by molar-refractivity contribution is 5.83. The van der Waals surface area contributed by atoms with Crippen molar-refractivity contribution in [1.82, 2.24) is 14.7 Å². The molecule has 0 N–H and O–H groups in total. The van der Waals surface area contributed by atoms with Crippen molar-refractivity contribution in [2.24, 2.45) is 0 Å². The van der Waals surface area contributed by atoms with Crippen LogP contribution in [0.3, 0.4) is 0 Å². The number of nitrogens with zero attached hydrogens (tertiary/aromatic N) is 3. The third kappa shape index (κ3) is 3.79. The zero-order valence-electron chi connectivity index (χ0n) is 22.1. The number of fused-ring (bicyclic) bond motifs is 4. The summed E-state index contributed by atoms with van der Waals surface area (Å²) in [5.41, 5.74) is 5.33. The number of rotatable bonds is 5. The highest BCUT2D eigenvalue weighted by Crippen LogP contribution is 2.49. The number of carbonyl (C=O) groups excluding carboxylic acids is 1. The summed E-state index contributed by atoms with van der Waals surface area (Å²) in [4.78, 5) is 20.5. The van der Waals surface area contributed by atoms with Gasteiger partial charge in [-0.2, -0.15) is 0 Å². The van der Waals surface area contributed by atoms with Gasteiger partial charge in [0.15, 0.2) is 0 Å². The van der Waals surface area contributed by atoms with Gasteiger partial charge in [-0.25, -0.2) is 4.79 Å². The summed E-state index contributed by atoms with van der Waals surface area (Å²) in [5.74, 6) is 1.69. The van der Waals surface area contributed by atoms with E-state index in [1.54, 1.807) is 20.5 Å². The molecule has 0 bridgehead atoms. The molecule has 6 rings (SSSR count). The van der Waals surface area contributed by atoms with Gasteiger partial charge >= 0.3 is 6.03 Å². The second-order valence-electron chi connectivity index (χ2n) is 10.5. The van der Waals surface area contributed by atoms with Crippen LogP contribution in [0.5, 0.6) is 11.5 Å². The molecule has 1 spiro atoms. The number of hydrogen-bond acceptors (Lipinski definition) is 5. The fraction of sp³-hybridized carbons (Fsp3) is 0.433. The number of furan rings is 1. The Morgan fingerprint density at radius 3 is 2.62 bits per heavy atom. The summed E-state index contributed by atoms with van der Waals surface area (Å²) in [6.07, 6.45) is 5.91. The monoisotopic (exact) mass is 501 g/mol. The Morgan fingerprint density at radius 2 is 1.89 bits per heavy atom. The van der Waals surface area contributed by atoms with Crippen molar-refractivity contribution >= 4 is 17.0 Å². The number of amides is 2. The van der Waals surface area contributed by atoms with Gasteiger partial charge in [-0.3, -0.25) is 9.80 Å². The molecule has 1 aromatic heterocycles. The number of ether oxygens (including phenoxy) is 2. The van der Waals surface area contributed by atoms with Gasteiger partial charge in [-0.15, -0.1) is 0 Å². The molecule has 0 unspecified atom stereocenters. The summed E-state index contributed by atoms with van der Waals surface area (Å²) < 4.78 is 16.8. The lowest BCUT2D eigenvalue weighted by Gasteiger charge is -2.44. The van der Waals surface area contributed by atoms with Gasteiger partial charge in [0.25, 0.3) is 0 Å². The number of benzene rings is 2. The van der Waals surface area contributed by atoms with Crippen LogP contribution in [0.25, 0.3) is 11.0 Å². The van der Waals surface area contributed by atoms with Crippen molar-refractivity contribution in [3.8, 4) is 11.5 Å². The molecule has 2 aromatic carbocycles. The Labute approximate surface area is 218 Å². The fourth-order valence-electron chi connectivity index (χ4n) is 6.72. The molecular formula is C30H35N3O4. The van der Waals surface area contributed by atoms with Crippen LogP contribution >= 0.6 is 0 Å². The Balaban J connectivity index is 1.29. The summed E-state index contributed by atoms with van der Waals surface area (Å²) in [7, 11) is 3.37. The van der Waals surface area contributed by atoms with Crippen molar-refractivity contribution in [3.63, 3.8) is 0 Å². The minimum absolute atomic E-state index is 0.106. The lowest BCUT2D eigenvalue weighted by molar-refractivity contribution is 0.0888. The molecule has 2 amide bonds. The molecular weight excluding hydrogens is 466 g/mol. The second-order valence-corrected chi connectivity index (χ2v) is 10.5. The molecule has 37 heavy (non-hydrogen) atoms. The molecule has 2 saturated heterocycles. The minimum Gasteiger partial charge on any atom is -0.497 e.